The Morgan fingerprint density at radius 1 is 1.42 bits per heavy atom. The molecule has 24 heavy (non-hydrogen) atoms. The summed E-state index contributed by atoms with van der Waals surface area (Å²) < 4.78 is 0. The summed E-state index contributed by atoms with van der Waals surface area (Å²) in [4.78, 5) is 33.3. The van der Waals surface area contributed by atoms with Crippen LogP contribution in [0.25, 0.3) is 0 Å². The van der Waals surface area contributed by atoms with Gasteiger partial charge in [0.15, 0.2) is 0 Å². The number of carbonyl (C=O) groups excluding carboxylic acids is 2. The van der Waals surface area contributed by atoms with E-state index in [9.17, 15) is 9.59 Å². The maximum atomic E-state index is 12.3. The van der Waals surface area contributed by atoms with Gasteiger partial charge in [0.1, 0.15) is 10.7 Å². The quantitative estimate of drug-likeness (QED) is 0.871. The van der Waals surface area contributed by atoms with Gasteiger partial charge in [-0.05, 0) is 30.7 Å². The van der Waals surface area contributed by atoms with E-state index in [-0.39, 0.29) is 11.6 Å². The maximum absolute atomic E-state index is 12.3. The van der Waals surface area contributed by atoms with Crippen LogP contribution in [0.15, 0.2) is 18.6 Å². The first-order valence-corrected chi connectivity index (χ1v) is 8.93. The molecule has 1 atom stereocenters. The van der Waals surface area contributed by atoms with E-state index in [0.29, 0.717) is 16.5 Å². The molecule has 0 fully saturated rings. The smallest absolute Gasteiger partial charge is 0.276 e. The SMILES string of the molecule is CCC[C@@H]1CCc2c(sc(NC(=O)c3cnccn3)c2C(N)=O)C1. The fourth-order valence-corrected chi connectivity index (χ4v) is 4.60. The van der Waals surface area contributed by atoms with Gasteiger partial charge in [0, 0.05) is 17.3 Å². The number of hydrogen-bond donors (Lipinski definition) is 2. The number of hydrogen-bond acceptors (Lipinski definition) is 5. The number of nitrogens with two attached hydrogens (primary N) is 1. The Balaban J connectivity index is 1.88. The lowest BCUT2D eigenvalue weighted by molar-refractivity contribution is 0.1000. The van der Waals surface area contributed by atoms with E-state index in [1.165, 1.54) is 41.2 Å². The fraction of sp³-hybridized carbons (Fsp3) is 0.412. The van der Waals surface area contributed by atoms with Crippen LogP contribution in [-0.4, -0.2) is 21.8 Å². The van der Waals surface area contributed by atoms with Gasteiger partial charge in [-0.15, -0.1) is 11.3 Å². The number of thiophene rings is 1. The summed E-state index contributed by atoms with van der Waals surface area (Å²) >= 11 is 1.46. The lowest BCUT2D eigenvalue weighted by atomic mass is 9.84. The summed E-state index contributed by atoms with van der Waals surface area (Å²) in [7, 11) is 0. The van der Waals surface area contributed by atoms with Crippen LogP contribution in [0.3, 0.4) is 0 Å². The van der Waals surface area contributed by atoms with Gasteiger partial charge in [-0.1, -0.05) is 19.8 Å². The van der Waals surface area contributed by atoms with Crippen molar-refractivity contribution < 1.29 is 9.59 Å². The van der Waals surface area contributed by atoms with Gasteiger partial charge in [0.25, 0.3) is 11.8 Å². The van der Waals surface area contributed by atoms with Crippen LogP contribution in [0.1, 0.15) is 57.5 Å². The Morgan fingerprint density at radius 2 is 2.25 bits per heavy atom. The lowest BCUT2D eigenvalue weighted by Gasteiger charge is -2.21. The minimum atomic E-state index is -0.490. The second kappa shape index (κ2) is 7.09. The van der Waals surface area contributed by atoms with Crippen molar-refractivity contribution in [2.24, 2.45) is 11.7 Å². The summed E-state index contributed by atoms with van der Waals surface area (Å²) in [5.74, 6) is -0.226. The molecule has 2 aromatic rings. The van der Waals surface area contributed by atoms with E-state index >= 15 is 0 Å². The topological polar surface area (TPSA) is 98.0 Å². The average molecular weight is 344 g/mol. The van der Waals surface area contributed by atoms with E-state index in [1.807, 2.05) is 0 Å². The van der Waals surface area contributed by atoms with E-state index < -0.39 is 5.91 Å². The maximum Gasteiger partial charge on any atom is 0.276 e. The fourth-order valence-electron chi connectivity index (χ4n) is 3.24. The van der Waals surface area contributed by atoms with Crippen molar-refractivity contribution in [3.05, 3.63) is 40.3 Å². The normalized spacial score (nSPS) is 16.5. The largest absolute Gasteiger partial charge is 0.365 e. The first-order chi connectivity index (χ1) is 11.6. The second-order valence-electron chi connectivity index (χ2n) is 6.01. The summed E-state index contributed by atoms with van der Waals surface area (Å²) in [6, 6.07) is 0. The molecule has 0 radical (unpaired) electrons. The van der Waals surface area contributed by atoms with Gasteiger partial charge in [-0.3, -0.25) is 14.6 Å². The predicted molar refractivity (Wildman–Crippen MR) is 93.2 cm³/mol. The Kier molecular flexibility index (Phi) is 4.89. The van der Waals surface area contributed by atoms with Gasteiger partial charge < -0.3 is 11.1 Å². The molecule has 2 heterocycles. The molecular formula is C17H20N4O2S. The first kappa shape index (κ1) is 16.6. The summed E-state index contributed by atoms with van der Waals surface area (Å²) in [5.41, 5.74) is 7.26. The molecular weight excluding hydrogens is 324 g/mol. The zero-order chi connectivity index (χ0) is 17.1. The molecule has 7 heteroatoms. The molecule has 0 bridgehead atoms. The van der Waals surface area contributed by atoms with Crippen molar-refractivity contribution >= 4 is 28.2 Å². The number of nitrogens with one attached hydrogen (secondary N) is 1. The van der Waals surface area contributed by atoms with Gasteiger partial charge in [0.2, 0.25) is 0 Å². The number of anilines is 1. The molecule has 2 aromatic heterocycles. The molecule has 0 saturated carbocycles. The predicted octanol–water partition coefficient (Wildman–Crippen LogP) is 2.79. The van der Waals surface area contributed by atoms with E-state index in [4.69, 9.17) is 5.73 Å². The van der Waals surface area contributed by atoms with Crippen molar-refractivity contribution in [2.45, 2.75) is 39.0 Å². The van der Waals surface area contributed by atoms with Gasteiger partial charge >= 0.3 is 0 Å². The van der Waals surface area contributed by atoms with E-state index in [1.54, 1.807) is 0 Å². The Bertz CT molecular complexity index is 757. The van der Waals surface area contributed by atoms with Crippen molar-refractivity contribution in [3.63, 3.8) is 0 Å². The third-order valence-corrected chi connectivity index (χ3v) is 5.50. The number of nitrogens with zero attached hydrogens (tertiary/aromatic N) is 2. The molecule has 0 unspecified atom stereocenters. The molecule has 3 N–H and O–H groups in total. The Morgan fingerprint density at radius 3 is 2.92 bits per heavy atom. The monoisotopic (exact) mass is 344 g/mol. The third kappa shape index (κ3) is 3.31. The number of carbonyl (C=O) groups is 2. The van der Waals surface area contributed by atoms with Crippen LogP contribution in [-0.2, 0) is 12.8 Å². The number of primary amides is 1. The Hall–Kier alpha value is -2.28. The first-order valence-electron chi connectivity index (χ1n) is 8.11. The molecule has 3 rings (SSSR count). The van der Waals surface area contributed by atoms with Crippen LogP contribution < -0.4 is 11.1 Å². The van der Waals surface area contributed by atoms with E-state index in [0.717, 1.165) is 31.2 Å². The molecule has 2 amide bonds. The van der Waals surface area contributed by atoms with Gasteiger partial charge in [-0.2, -0.15) is 0 Å². The summed E-state index contributed by atoms with van der Waals surface area (Å²) in [6.07, 6.45) is 9.56. The second-order valence-corrected chi connectivity index (χ2v) is 7.12. The Labute approximate surface area is 144 Å². The molecule has 0 saturated heterocycles. The zero-order valence-corrected chi connectivity index (χ0v) is 14.4. The van der Waals surface area contributed by atoms with Gasteiger partial charge in [-0.25, -0.2) is 4.98 Å². The third-order valence-electron chi connectivity index (χ3n) is 4.33. The van der Waals surface area contributed by atoms with Crippen LogP contribution in [0.4, 0.5) is 5.00 Å². The molecule has 6 nitrogen and oxygen atoms in total. The van der Waals surface area contributed by atoms with Crippen LogP contribution in [0, 0.1) is 5.92 Å². The molecule has 1 aliphatic rings. The highest BCUT2D eigenvalue weighted by molar-refractivity contribution is 7.17. The molecule has 0 aliphatic heterocycles. The summed E-state index contributed by atoms with van der Waals surface area (Å²) in [6.45, 7) is 2.19. The molecule has 0 spiro atoms. The number of aromatic nitrogens is 2. The van der Waals surface area contributed by atoms with Crippen molar-refractivity contribution in [3.8, 4) is 0 Å². The molecule has 0 aromatic carbocycles. The zero-order valence-electron chi connectivity index (χ0n) is 13.5. The minimum absolute atomic E-state index is 0.211. The van der Waals surface area contributed by atoms with Crippen LogP contribution in [0.5, 0.6) is 0 Å². The highest BCUT2D eigenvalue weighted by atomic mass is 32.1. The van der Waals surface area contributed by atoms with Crippen LogP contribution in [0.2, 0.25) is 0 Å². The van der Waals surface area contributed by atoms with Crippen molar-refractivity contribution in [1.29, 1.82) is 0 Å². The number of rotatable bonds is 5. The average Bonchev–Trinajstić information content (AvgIpc) is 2.93. The highest BCUT2D eigenvalue weighted by Crippen LogP contribution is 2.40. The van der Waals surface area contributed by atoms with Crippen molar-refractivity contribution in [2.75, 3.05) is 5.32 Å². The van der Waals surface area contributed by atoms with Gasteiger partial charge in [0.05, 0.1) is 11.8 Å². The number of amides is 2. The summed E-state index contributed by atoms with van der Waals surface area (Å²) in [5, 5.41) is 3.32. The lowest BCUT2D eigenvalue weighted by Crippen LogP contribution is -2.20. The molecule has 126 valence electrons. The standard InChI is InChI=1S/C17H20N4O2S/c1-2-3-10-4-5-11-13(8-10)24-17(14(11)15(18)22)21-16(23)12-9-19-6-7-20-12/h6-7,9-10H,2-5,8H2,1H3,(H2,18,22)(H,21,23)/t10-/m1/s1. The highest BCUT2D eigenvalue weighted by Gasteiger charge is 2.28. The van der Waals surface area contributed by atoms with Crippen molar-refractivity contribution in [1.82, 2.24) is 9.97 Å². The van der Waals surface area contributed by atoms with E-state index in [2.05, 4.69) is 22.2 Å². The minimum Gasteiger partial charge on any atom is -0.365 e. The van der Waals surface area contributed by atoms with Crippen LogP contribution >= 0.6 is 11.3 Å². The molecule has 1 aliphatic carbocycles. The number of fused-ring (bicyclic) bond motifs is 1.